The van der Waals surface area contributed by atoms with Gasteiger partial charge < -0.3 is 10.6 Å². The Kier molecular flexibility index (Phi) is 6.15. The molecule has 11 nitrogen and oxygen atoms in total. The van der Waals surface area contributed by atoms with Crippen LogP contribution in [0.5, 0.6) is 0 Å². The lowest BCUT2D eigenvalue weighted by molar-refractivity contribution is -0.129. The van der Waals surface area contributed by atoms with E-state index in [1.54, 1.807) is 36.3 Å². The summed E-state index contributed by atoms with van der Waals surface area (Å²) >= 11 is 3.48. The molecule has 0 unspecified atom stereocenters. The second-order valence-corrected chi connectivity index (χ2v) is 12.3. The van der Waals surface area contributed by atoms with Gasteiger partial charge >= 0.3 is 0 Å². The van der Waals surface area contributed by atoms with Gasteiger partial charge in [-0.1, -0.05) is 6.92 Å². The van der Waals surface area contributed by atoms with Gasteiger partial charge in [0.1, 0.15) is 4.60 Å². The number of hydrogen-bond donors (Lipinski definition) is 2. The number of carbonyl (C=O) groups excluding carboxylic acids is 1. The SMILES string of the molecule is CNC(=O)[C@]1(C)CC[C@@H](Nc2ncc3c(Br)nn(-c4cc(CS(C)(=O)=O)c5nccnc5c4)c3n2)C1. The summed E-state index contributed by atoms with van der Waals surface area (Å²) in [5.41, 5.74) is 2.34. The molecule has 3 aromatic heterocycles. The number of carbonyl (C=O) groups is 1. The molecule has 4 aromatic rings. The first-order chi connectivity index (χ1) is 17.1. The van der Waals surface area contributed by atoms with Crippen LogP contribution in [0.1, 0.15) is 31.7 Å². The van der Waals surface area contributed by atoms with E-state index in [0.717, 1.165) is 12.8 Å². The van der Waals surface area contributed by atoms with Gasteiger partial charge in [-0.3, -0.25) is 14.8 Å². The first kappa shape index (κ1) is 24.5. The molecule has 2 atom stereocenters. The van der Waals surface area contributed by atoms with Crippen molar-refractivity contribution < 1.29 is 13.2 Å². The average molecular weight is 573 g/mol. The molecular weight excluding hydrogens is 548 g/mol. The zero-order valence-corrected chi connectivity index (χ0v) is 22.4. The second-order valence-electron chi connectivity index (χ2n) is 9.46. The fourth-order valence-corrected chi connectivity index (χ4v) is 6.04. The van der Waals surface area contributed by atoms with Crippen molar-refractivity contribution in [3.05, 3.63) is 40.9 Å². The van der Waals surface area contributed by atoms with Gasteiger partial charge in [0.15, 0.2) is 15.5 Å². The van der Waals surface area contributed by atoms with Crippen molar-refractivity contribution in [2.45, 2.75) is 38.0 Å². The molecule has 5 rings (SSSR count). The third kappa shape index (κ3) is 4.64. The molecule has 2 N–H and O–H groups in total. The van der Waals surface area contributed by atoms with Crippen LogP contribution in [0.25, 0.3) is 27.8 Å². The van der Waals surface area contributed by atoms with Crippen molar-refractivity contribution in [3.63, 3.8) is 0 Å². The summed E-state index contributed by atoms with van der Waals surface area (Å²) in [5, 5.41) is 11.4. The Bertz CT molecular complexity index is 1610. The number of hydrogen-bond acceptors (Lipinski definition) is 9. The smallest absolute Gasteiger partial charge is 0.225 e. The normalized spacial score (nSPS) is 20.2. The number of rotatable bonds is 6. The summed E-state index contributed by atoms with van der Waals surface area (Å²) in [6, 6.07) is 3.60. The molecule has 0 aliphatic heterocycles. The van der Waals surface area contributed by atoms with Gasteiger partial charge in [-0.15, -0.1) is 0 Å². The lowest BCUT2D eigenvalue weighted by Crippen LogP contribution is -2.35. The van der Waals surface area contributed by atoms with E-state index >= 15 is 0 Å². The molecule has 0 spiro atoms. The minimum atomic E-state index is -3.31. The Morgan fingerprint density at radius 2 is 2.03 bits per heavy atom. The van der Waals surface area contributed by atoms with E-state index in [9.17, 15) is 13.2 Å². The number of nitrogens with one attached hydrogen (secondary N) is 2. The van der Waals surface area contributed by atoms with Crippen molar-refractivity contribution in [1.82, 2.24) is 35.0 Å². The third-order valence-corrected chi connectivity index (χ3v) is 7.95. The molecule has 1 aliphatic rings. The topological polar surface area (TPSA) is 145 Å². The first-order valence-corrected chi connectivity index (χ1v) is 14.2. The quantitative estimate of drug-likeness (QED) is 0.356. The van der Waals surface area contributed by atoms with Crippen LogP contribution in [0.4, 0.5) is 5.95 Å². The van der Waals surface area contributed by atoms with Crippen LogP contribution in [0.2, 0.25) is 0 Å². The Morgan fingerprint density at radius 3 is 2.78 bits per heavy atom. The van der Waals surface area contributed by atoms with Gasteiger partial charge in [-0.05, 0) is 52.9 Å². The van der Waals surface area contributed by atoms with Crippen molar-refractivity contribution in [2.24, 2.45) is 5.41 Å². The number of nitrogens with zero attached hydrogens (tertiary/aromatic N) is 6. The van der Waals surface area contributed by atoms with E-state index in [2.05, 4.69) is 46.6 Å². The van der Waals surface area contributed by atoms with E-state index in [1.807, 2.05) is 6.92 Å². The fourth-order valence-electron chi connectivity index (χ4n) is 4.82. The number of amides is 1. The van der Waals surface area contributed by atoms with Crippen molar-refractivity contribution in [3.8, 4) is 5.69 Å². The van der Waals surface area contributed by atoms with Crippen LogP contribution in [-0.4, -0.2) is 63.4 Å². The predicted molar refractivity (Wildman–Crippen MR) is 139 cm³/mol. The lowest BCUT2D eigenvalue weighted by Gasteiger charge is -2.22. The maximum Gasteiger partial charge on any atom is 0.225 e. The summed E-state index contributed by atoms with van der Waals surface area (Å²) in [6.45, 7) is 1.97. The third-order valence-electron chi connectivity index (χ3n) is 6.53. The minimum absolute atomic E-state index is 0.0366. The molecule has 36 heavy (non-hydrogen) atoms. The molecule has 0 bridgehead atoms. The standard InChI is InChI=1S/C23H25BrN8O3S/c1-23(21(33)25-2)5-4-14(10-23)29-22-28-11-16-19(24)31-32(20(16)30-22)15-8-13(12-36(3,34)35)18-17(9-15)26-6-7-27-18/h6-9,11,14H,4-5,10,12H2,1-3H3,(H,25,33)(H,28,29,30)/t14-,23-/m1/s1. The number of halogens is 1. The Balaban J connectivity index is 1.54. The number of aromatic nitrogens is 6. The number of anilines is 1. The zero-order valence-electron chi connectivity index (χ0n) is 20.0. The minimum Gasteiger partial charge on any atom is -0.359 e. The molecular formula is C23H25BrN8O3S. The maximum atomic E-state index is 12.3. The van der Waals surface area contributed by atoms with Crippen LogP contribution in [-0.2, 0) is 20.4 Å². The maximum absolute atomic E-state index is 12.3. The van der Waals surface area contributed by atoms with Crippen LogP contribution >= 0.6 is 15.9 Å². The largest absolute Gasteiger partial charge is 0.359 e. The molecule has 0 radical (unpaired) electrons. The highest BCUT2D eigenvalue weighted by Gasteiger charge is 2.41. The van der Waals surface area contributed by atoms with Crippen molar-refractivity contribution in [1.29, 1.82) is 0 Å². The van der Waals surface area contributed by atoms with Crippen LogP contribution in [0.15, 0.2) is 35.3 Å². The lowest BCUT2D eigenvalue weighted by atomic mass is 9.87. The monoisotopic (exact) mass is 572 g/mol. The molecule has 1 fully saturated rings. The van der Waals surface area contributed by atoms with Gasteiger partial charge in [0.2, 0.25) is 11.9 Å². The van der Waals surface area contributed by atoms with E-state index in [4.69, 9.17) is 4.98 Å². The van der Waals surface area contributed by atoms with Gasteiger partial charge in [-0.2, -0.15) is 10.1 Å². The van der Waals surface area contributed by atoms with Gasteiger partial charge in [0.25, 0.3) is 0 Å². The van der Waals surface area contributed by atoms with E-state index < -0.39 is 15.3 Å². The summed E-state index contributed by atoms with van der Waals surface area (Å²) in [7, 11) is -1.66. The summed E-state index contributed by atoms with van der Waals surface area (Å²) in [5.74, 6) is 0.290. The van der Waals surface area contributed by atoms with E-state index in [0.29, 0.717) is 50.3 Å². The highest BCUT2D eigenvalue weighted by atomic mass is 79.9. The van der Waals surface area contributed by atoms with Crippen molar-refractivity contribution in [2.75, 3.05) is 18.6 Å². The van der Waals surface area contributed by atoms with Gasteiger partial charge in [0, 0.05) is 43.4 Å². The molecule has 1 saturated carbocycles. The predicted octanol–water partition coefficient (Wildman–Crippen LogP) is 2.78. The first-order valence-electron chi connectivity index (χ1n) is 11.4. The summed E-state index contributed by atoms with van der Waals surface area (Å²) in [4.78, 5) is 30.2. The fraction of sp³-hybridized carbons (Fsp3) is 0.391. The molecule has 188 valence electrons. The number of sulfone groups is 1. The van der Waals surface area contributed by atoms with Gasteiger partial charge in [-0.25, -0.2) is 18.1 Å². The summed E-state index contributed by atoms with van der Waals surface area (Å²) in [6.07, 6.45) is 8.25. The zero-order chi connectivity index (χ0) is 25.7. The number of benzene rings is 1. The Labute approximate surface area is 216 Å². The molecule has 13 heteroatoms. The highest BCUT2D eigenvalue weighted by Crippen LogP contribution is 2.39. The number of fused-ring (bicyclic) bond motifs is 2. The van der Waals surface area contributed by atoms with E-state index in [1.165, 1.54) is 12.5 Å². The molecule has 0 saturated heterocycles. The molecule has 3 heterocycles. The Morgan fingerprint density at radius 1 is 1.25 bits per heavy atom. The Hall–Kier alpha value is -3.19. The second kappa shape index (κ2) is 9.04. The van der Waals surface area contributed by atoms with Gasteiger partial charge in [0.05, 0.1) is 27.9 Å². The molecule has 1 aromatic carbocycles. The molecule has 1 aliphatic carbocycles. The van der Waals surface area contributed by atoms with Crippen molar-refractivity contribution >= 4 is 59.7 Å². The molecule has 1 amide bonds. The van der Waals surface area contributed by atoms with Crippen LogP contribution in [0.3, 0.4) is 0 Å². The van der Waals surface area contributed by atoms with E-state index in [-0.39, 0.29) is 17.7 Å². The highest BCUT2D eigenvalue weighted by molar-refractivity contribution is 9.10. The van der Waals surface area contributed by atoms with Crippen LogP contribution in [0, 0.1) is 5.41 Å². The summed E-state index contributed by atoms with van der Waals surface area (Å²) < 4.78 is 26.4. The average Bonchev–Trinajstić information content (AvgIpc) is 3.37. The van der Waals surface area contributed by atoms with Crippen LogP contribution < -0.4 is 10.6 Å².